The van der Waals surface area contributed by atoms with E-state index in [0.717, 1.165) is 12.2 Å². The summed E-state index contributed by atoms with van der Waals surface area (Å²) in [6.07, 6.45) is -12.7. The molecule has 11 aliphatic rings. The van der Waals surface area contributed by atoms with Crippen LogP contribution in [0.3, 0.4) is 0 Å². The molecule has 0 amide bonds. The van der Waals surface area contributed by atoms with E-state index in [4.69, 9.17) is 37.9 Å². The molecule has 0 aromatic rings. The van der Waals surface area contributed by atoms with Gasteiger partial charge in [-0.05, 0) is 117 Å². The van der Waals surface area contributed by atoms with Gasteiger partial charge >= 0.3 is 0 Å². The van der Waals surface area contributed by atoms with Crippen LogP contribution >= 0.6 is 0 Å². The smallest absolute Gasteiger partial charge is 0.187 e. The van der Waals surface area contributed by atoms with E-state index in [-0.39, 0.29) is 61.2 Å². The highest BCUT2D eigenvalue weighted by Gasteiger charge is 2.69. The highest BCUT2D eigenvalue weighted by atomic mass is 16.7. The van der Waals surface area contributed by atoms with Crippen molar-refractivity contribution in [2.24, 2.45) is 69.5 Å². The summed E-state index contributed by atoms with van der Waals surface area (Å²) in [5, 5.41) is 181. The Labute approximate surface area is 617 Å². The molecule has 4 spiro atoms. The number of fused-ring (bicyclic) bond motifs is 4. The molecule has 30 heteroatoms. The van der Waals surface area contributed by atoms with Gasteiger partial charge in [-0.3, -0.25) is 28.8 Å². The van der Waals surface area contributed by atoms with Gasteiger partial charge in [0, 0.05) is 22.2 Å². The first-order chi connectivity index (χ1) is 50.2. The molecule has 0 radical (unpaired) electrons. The zero-order valence-corrected chi connectivity index (χ0v) is 60.9. The summed E-state index contributed by atoms with van der Waals surface area (Å²) in [4.78, 5) is 87.5. The molecule has 0 saturated carbocycles. The summed E-state index contributed by atoms with van der Waals surface area (Å²) < 4.78 is 48.6. The molecule has 590 valence electrons. The molecule has 107 heavy (non-hydrogen) atoms. The van der Waals surface area contributed by atoms with Gasteiger partial charge in [0.05, 0.1) is 50.8 Å². The number of allylic oxidation sites excluding steroid dienone is 6. The lowest BCUT2D eigenvalue weighted by molar-refractivity contribution is -0.299. The minimum atomic E-state index is -2.10. The van der Waals surface area contributed by atoms with Crippen molar-refractivity contribution in [2.75, 3.05) is 26.4 Å². The second kappa shape index (κ2) is 30.9. The van der Waals surface area contributed by atoms with Gasteiger partial charge in [-0.1, -0.05) is 113 Å². The number of hydrogen-bond donors (Lipinski definition) is 16. The number of rotatable bonds is 10. The van der Waals surface area contributed by atoms with Crippen molar-refractivity contribution in [3.63, 3.8) is 0 Å². The van der Waals surface area contributed by atoms with E-state index in [0.29, 0.717) is 23.7 Å². The number of aliphatic hydroxyl groups is 16. The van der Waals surface area contributed by atoms with Crippen molar-refractivity contribution in [3.05, 3.63) is 119 Å². The molecule has 30 nitrogen and oxygen atoms in total. The van der Waals surface area contributed by atoms with Crippen molar-refractivity contribution in [1.82, 2.24) is 0 Å². The topological polar surface area (TPSA) is 500 Å². The average molecular weight is 1510 g/mol. The summed E-state index contributed by atoms with van der Waals surface area (Å²) in [6, 6.07) is 0. The molecule has 16 N–H and O–H groups in total. The molecule has 34 atom stereocenters. The molecule has 6 heterocycles. The Bertz CT molecular complexity index is 3750. The molecule has 8 bridgehead atoms. The number of Topliss-reactive ketones (excluding diaryl/α,β-unsaturated/α-hetero) is 4. The molecule has 6 aliphatic heterocycles. The van der Waals surface area contributed by atoms with Gasteiger partial charge in [0.15, 0.2) is 60.9 Å². The van der Waals surface area contributed by atoms with Crippen molar-refractivity contribution >= 4 is 35.7 Å². The Morgan fingerprint density at radius 3 is 1.28 bits per heavy atom. The van der Waals surface area contributed by atoms with E-state index in [1.54, 1.807) is 46.8 Å². The Morgan fingerprint density at radius 1 is 0.449 bits per heavy atom. The third-order valence-corrected chi connectivity index (χ3v) is 25.0. The molecule has 11 rings (SSSR count). The molecule has 6 fully saturated rings. The van der Waals surface area contributed by atoms with Crippen molar-refractivity contribution in [2.45, 2.75) is 221 Å². The Morgan fingerprint density at radius 2 is 0.832 bits per heavy atom. The first-order valence-electron chi connectivity index (χ1n) is 36.3. The molecular weight excluding hydrogens is 1400 g/mol. The van der Waals surface area contributed by atoms with Crippen LogP contribution in [0.2, 0.25) is 0 Å². The maximum absolute atomic E-state index is 15.6. The molecule has 24 unspecified atom stereocenters. The maximum Gasteiger partial charge on any atom is 0.187 e. The van der Waals surface area contributed by atoms with E-state index < -0.39 is 239 Å². The Kier molecular flexibility index (Phi) is 23.8. The normalized spacial score (nSPS) is 49.1. The van der Waals surface area contributed by atoms with Crippen LogP contribution in [0.15, 0.2) is 119 Å². The van der Waals surface area contributed by atoms with E-state index in [1.807, 2.05) is 0 Å². The number of carbonyl (C=O) groups excluding carboxylic acids is 6. The first-order valence-corrected chi connectivity index (χ1v) is 36.3. The SMILES string of the molecule is CC1=CC=CC2(C)C=C(CO[C@H]3O[C@H](CO)[C@H](O)[C@H](O)[C@H]3O)C(C)CC23OC(O)C(C3=O)C(O)C=CC2(C)C=C(C=O)C(C)CC23OC(O)C(C3=O)C(O)C(C)=CC=CC2C=C(CO[C@H]3O[C@H](CO)[C@H](O)[C@H](O)[C@H]3O)C(C)CC23OC(O)C(C3=O)C(O)C=CC2(C)C=C(C=O)C(C)CC23OC(O)C(C3=O)C1O. The lowest BCUT2D eigenvalue weighted by atomic mass is 9.59. The maximum atomic E-state index is 15.6. The number of hydrogen-bond acceptors (Lipinski definition) is 30. The van der Waals surface area contributed by atoms with Crippen LogP contribution in [0.4, 0.5) is 0 Å². The zero-order chi connectivity index (χ0) is 78.5. The number of ether oxygens (including phenoxy) is 8. The van der Waals surface area contributed by atoms with Gasteiger partial charge in [-0.2, -0.15) is 0 Å². The second-order valence-corrected chi connectivity index (χ2v) is 31.9. The third kappa shape index (κ3) is 13.8. The van der Waals surface area contributed by atoms with Gasteiger partial charge < -0.3 is 120 Å². The largest absolute Gasteiger partial charge is 0.394 e. The Balaban J connectivity index is 1.01. The lowest BCUT2D eigenvalue weighted by Crippen LogP contribution is -2.59. The van der Waals surface area contributed by atoms with Gasteiger partial charge in [-0.25, -0.2) is 0 Å². The molecule has 5 aliphatic carbocycles. The monoisotopic (exact) mass is 1510 g/mol. The summed E-state index contributed by atoms with van der Waals surface area (Å²) in [7, 11) is 0. The van der Waals surface area contributed by atoms with Gasteiger partial charge in [0.1, 0.15) is 107 Å². The molecule has 6 saturated heterocycles. The van der Waals surface area contributed by atoms with Gasteiger partial charge in [-0.15, -0.1) is 0 Å². The fraction of sp³-hybridized carbons (Fsp3) is 0.662. The molecule has 0 aromatic heterocycles. The van der Waals surface area contributed by atoms with Gasteiger partial charge in [0.2, 0.25) is 0 Å². The Hall–Kier alpha value is -5.54. The molecular formula is C77H102O30. The number of ketones is 4. The van der Waals surface area contributed by atoms with Crippen LogP contribution in [0.1, 0.15) is 88.0 Å². The summed E-state index contributed by atoms with van der Waals surface area (Å²) in [5.41, 5.74) is -12.3. The van der Waals surface area contributed by atoms with Crippen molar-refractivity contribution in [3.8, 4) is 0 Å². The van der Waals surface area contributed by atoms with Crippen LogP contribution in [0.25, 0.3) is 0 Å². The van der Waals surface area contributed by atoms with E-state index in [9.17, 15) is 91.3 Å². The number of aldehydes is 2. The highest BCUT2D eigenvalue weighted by Crippen LogP contribution is 2.59. The fourth-order valence-corrected chi connectivity index (χ4v) is 18.2. The predicted octanol–water partition coefficient (Wildman–Crippen LogP) is -1.82. The van der Waals surface area contributed by atoms with Gasteiger partial charge in [0.25, 0.3) is 0 Å². The van der Waals surface area contributed by atoms with Crippen LogP contribution in [-0.2, 0) is 66.7 Å². The molecule has 0 aromatic carbocycles. The fourth-order valence-electron chi connectivity index (χ4n) is 18.2. The van der Waals surface area contributed by atoms with Crippen LogP contribution in [0.5, 0.6) is 0 Å². The summed E-state index contributed by atoms with van der Waals surface area (Å²) in [6.45, 7) is 11.8. The van der Waals surface area contributed by atoms with E-state index in [1.165, 1.54) is 88.5 Å². The van der Waals surface area contributed by atoms with Crippen molar-refractivity contribution in [1.29, 1.82) is 0 Å². The van der Waals surface area contributed by atoms with Crippen LogP contribution in [0, 0.1) is 69.5 Å². The summed E-state index contributed by atoms with van der Waals surface area (Å²) >= 11 is 0. The third-order valence-electron chi connectivity index (χ3n) is 25.0. The van der Waals surface area contributed by atoms with Crippen LogP contribution < -0.4 is 0 Å². The zero-order valence-electron chi connectivity index (χ0n) is 60.9. The summed E-state index contributed by atoms with van der Waals surface area (Å²) in [5.74, 6) is -14.4. The highest BCUT2D eigenvalue weighted by molar-refractivity contribution is 5.97. The van der Waals surface area contributed by atoms with Crippen LogP contribution in [-0.4, -0.2) is 277 Å². The van der Waals surface area contributed by atoms with E-state index >= 15 is 19.2 Å². The second-order valence-electron chi connectivity index (χ2n) is 31.9. The number of carbonyl (C=O) groups is 6. The average Bonchev–Trinajstić information content (AvgIpc) is 1.59. The standard InChI is InChI=1S/C77H102O30/c1-34-12-10-14-44-20-40(32-100-69-59(90)57(88)55(86)47(30-80)102-69)36(3)21-74(44)61(92)49(65(96)104-74)45(82)15-18-72(8)25-41(28-78)38(5)23-77(72)64(95)52(68(99)107-77)54(85)35(2)13-11-17-71(7)27-43(33-101-70-60(91)58(89)56(87)48(31-81)103-70)39(6)24-75(71)62(93)50(66(97)105-75)46(83)16-19-73(9)26-42(29-79)37(4)22-76(73)63(94)51(53(34)84)67(98)106-76/h10-20,25-29,36-39,44-60,65-70,80-91,96-99H,21-24,30-33H2,1-9H3/t36?,37?,38?,39?,44?,45?,46?,47-,48-,49?,50?,51?,52?,53?,54?,55+,56+,57+,58+,59-,60-,65?,66?,67?,68?,69+,70+,71?,72?,73?,74?,75?,76?,77?/m1/s1. The first kappa shape index (κ1) is 82.4. The lowest BCUT2D eigenvalue weighted by Gasteiger charge is -2.47. The quantitative estimate of drug-likeness (QED) is 0.0846. The minimum absolute atomic E-state index is 0.0376. The minimum Gasteiger partial charge on any atom is -0.394 e. The van der Waals surface area contributed by atoms with Crippen molar-refractivity contribution < 1.29 is 148 Å². The number of aliphatic hydroxyl groups excluding tert-OH is 16. The van der Waals surface area contributed by atoms with E-state index in [2.05, 4.69) is 0 Å². The predicted molar refractivity (Wildman–Crippen MR) is 368 cm³/mol.